The van der Waals surface area contributed by atoms with Crippen molar-refractivity contribution >= 4 is 23.6 Å². The molecular weight excluding hydrogens is 784 g/mol. The summed E-state index contributed by atoms with van der Waals surface area (Å²) >= 11 is 0. The van der Waals surface area contributed by atoms with E-state index in [1.54, 1.807) is 33.3 Å². The number of hydrogen-bond acceptors (Lipinski definition) is 16. The molecule has 1 rings (SSSR count). The molecule has 0 radical (unpaired) electrons. The van der Waals surface area contributed by atoms with Crippen molar-refractivity contribution in [2.24, 2.45) is 0 Å². The molecule has 0 spiro atoms. The molecule has 0 aliphatic carbocycles. The van der Waals surface area contributed by atoms with Crippen LogP contribution in [0.1, 0.15) is 5.56 Å². The summed E-state index contributed by atoms with van der Waals surface area (Å²) in [6.07, 6.45) is -2.39. The molecule has 2 N–H and O–H groups in total. The average molecular weight is 855 g/mol. The Bertz CT molecular complexity index is 1120. The lowest BCUT2D eigenvalue weighted by Crippen LogP contribution is -2.35. The van der Waals surface area contributed by atoms with Crippen molar-refractivity contribution in [1.29, 1.82) is 0 Å². The summed E-state index contributed by atoms with van der Waals surface area (Å²) in [7, 11) is 3.25. The first-order valence-electron chi connectivity index (χ1n) is 19.9. The quantitative estimate of drug-likeness (QED) is 0.0903. The smallest absolute Gasteiger partial charge is 0.411 e. The third-order valence-electron chi connectivity index (χ3n) is 7.76. The van der Waals surface area contributed by atoms with Gasteiger partial charge in [0.2, 0.25) is 0 Å². The van der Waals surface area contributed by atoms with Gasteiger partial charge < -0.3 is 76.5 Å². The first-order valence-corrected chi connectivity index (χ1v) is 19.9. The molecule has 0 saturated heterocycles. The number of methoxy groups -OCH3 is 2. The van der Waals surface area contributed by atoms with Gasteiger partial charge in [-0.25, -0.2) is 9.59 Å². The van der Waals surface area contributed by atoms with E-state index < -0.39 is 12.2 Å². The summed E-state index contributed by atoms with van der Waals surface area (Å²) in [5, 5.41) is 19.9. The molecule has 344 valence electrons. The fourth-order valence-corrected chi connectivity index (χ4v) is 4.71. The maximum absolute atomic E-state index is 12.2. The zero-order valence-corrected chi connectivity index (χ0v) is 35.4. The Morgan fingerprint density at radius 1 is 0.407 bits per heavy atom. The highest BCUT2D eigenvalue weighted by Gasteiger charge is 2.21. The second-order valence-electron chi connectivity index (χ2n) is 12.2. The molecule has 2 amide bonds. The molecule has 1 aromatic rings. The molecule has 0 atom stereocenters. The average Bonchev–Trinajstić information content (AvgIpc) is 3.22. The Morgan fingerprint density at radius 3 is 0.932 bits per heavy atom. The molecule has 1 aromatic carbocycles. The normalized spacial score (nSPS) is 11.4. The van der Waals surface area contributed by atoms with Crippen LogP contribution >= 0.6 is 0 Å². The first-order chi connectivity index (χ1) is 28.9. The standard InChI is InChI=1S/C39H70N2O18/c1-35-4-5-36(40(38(42)43)6-8-48-14-16-52-22-24-56-30-32-58-28-26-54-20-18-50-12-10-46-2)34-37(35)41(39(44)45)7-9-49-15-17-53-23-25-57-31-33-59-29-27-55-21-19-51-13-11-47-3/h4-5,34H,6-33H2,1-3H3,(H,42,43)(H,44,45). The number of anilines is 2. The minimum Gasteiger partial charge on any atom is -0.465 e. The highest BCUT2D eigenvalue weighted by Crippen LogP contribution is 2.27. The Morgan fingerprint density at radius 2 is 0.661 bits per heavy atom. The second kappa shape index (κ2) is 40.6. The molecule has 0 aliphatic rings. The van der Waals surface area contributed by atoms with Gasteiger partial charge in [0.25, 0.3) is 0 Å². The largest absolute Gasteiger partial charge is 0.465 e. The topological polar surface area (TPSA) is 210 Å². The Labute approximate surface area is 348 Å². The summed E-state index contributed by atoms with van der Waals surface area (Å²) in [6.45, 7) is 12.6. The number of carboxylic acid groups (broad SMARTS) is 2. The molecule has 0 fully saturated rings. The lowest BCUT2D eigenvalue weighted by Gasteiger charge is -2.25. The molecule has 20 nitrogen and oxygen atoms in total. The van der Waals surface area contributed by atoms with Gasteiger partial charge in [0.15, 0.2) is 0 Å². The van der Waals surface area contributed by atoms with Gasteiger partial charge in [-0.1, -0.05) is 6.07 Å². The lowest BCUT2D eigenvalue weighted by molar-refractivity contribution is -0.0188. The van der Waals surface area contributed by atoms with Crippen molar-refractivity contribution in [3.05, 3.63) is 23.8 Å². The fourth-order valence-electron chi connectivity index (χ4n) is 4.71. The number of hydrogen-bond donors (Lipinski definition) is 2. The summed E-state index contributed by atoms with van der Waals surface area (Å²) < 4.78 is 75.3. The summed E-state index contributed by atoms with van der Waals surface area (Å²) in [5.74, 6) is 0. The van der Waals surface area contributed by atoms with Crippen LogP contribution in [-0.4, -0.2) is 221 Å². The van der Waals surface area contributed by atoms with Crippen molar-refractivity contribution in [1.82, 2.24) is 0 Å². The maximum Gasteiger partial charge on any atom is 0.411 e. The second-order valence-corrected chi connectivity index (χ2v) is 12.2. The van der Waals surface area contributed by atoms with Gasteiger partial charge in [-0.15, -0.1) is 0 Å². The number of nitrogens with zero attached hydrogens (tertiary/aromatic N) is 2. The fraction of sp³-hybridized carbons (Fsp3) is 0.795. The Hall–Kier alpha value is -2.80. The number of benzene rings is 1. The highest BCUT2D eigenvalue weighted by molar-refractivity contribution is 5.91. The molecule has 0 aromatic heterocycles. The van der Waals surface area contributed by atoms with Gasteiger partial charge in [-0.2, -0.15) is 0 Å². The molecule has 0 bridgehead atoms. The first kappa shape index (κ1) is 54.2. The monoisotopic (exact) mass is 854 g/mol. The van der Waals surface area contributed by atoms with E-state index in [-0.39, 0.29) is 39.5 Å². The van der Waals surface area contributed by atoms with Gasteiger partial charge in [-0.3, -0.25) is 9.80 Å². The molecule has 0 heterocycles. The van der Waals surface area contributed by atoms with E-state index in [1.165, 1.54) is 6.07 Å². The van der Waals surface area contributed by atoms with Gasteiger partial charge in [0.05, 0.1) is 191 Å². The van der Waals surface area contributed by atoms with Crippen molar-refractivity contribution in [2.75, 3.05) is 209 Å². The molecule has 0 aliphatic heterocycles. The van der Waals surface area contributed by atoms with Gasteiger partial charge in [0, 0.05) is 19.9 Å². The van der Waals surface area contributed by atoms with E-state index in [9.17, 15) is 19.8 Å². The number of aryl methyl sites for hydroxylation is 1. The van der Waals surface area contributed by atoms with Crippen LogP contribution in [0.3, 0.4) is 0 Å². The summed E-state index contributed by atoms with van der Waals surface area (Å²) in [5.41, 5.74) is 1.33. The minimum absolute atomic E-state index is 0.0334. The van der Waals surface area contributed by atoms with E-state index in [2.05, 4.69) is 0 Å². The summed E-state index contributed by atoms with van der Waals surface area (Å²) in [6, 6.07) is 4.84. The van der Waals surface area contributed by atoms with Crippen LogP contribution in [0.15, 0.2) is 18.2 Å². The third-order valence-corrected chi connectivity index (χ3v) is 7.76. The summed E-state index contributed by atoms with van der Waals surface area (Å²) in [4.78, 5) is 26.5. The predicted molar refractivity (Wildman–Crippen MR) is 216 cm³/mol. The molecule has 59 heavy (non-hydrogen) atoms. The van der Waals surface area contributed by atoms with Gasteiger partial charge >= 0.3 is 12.2 Å². The zero-order valence-electron chi connectivity index (χ0n) is 35.4. The highest BCUT2D eigenvalue weighted by atomic mass is 16.6. The van der Waals surface area contributed by atoms with E-state index in [4.69, 9.17) is 66.3 Å². The van der Waals surface area contributed by atoms with Gasteiger partial charge in [-0.05, 0) is 24.6 Å². The van der Waals surface area contributed by atoms with Gasteiger partial charge in [0.1, 0.15) is 0 Å². The van der Waals surface area contributed by atoms with Crippen LogP contribution < -0.4 is 9.80 Å². The zero-order chi connectivity index (χ0) is 42.9. The predicted octanol–water partition coefficient (Wildman–Crippen LogP) is 2.46. The van der Waals surface area contributed by atoms with Crippen molar-refractivity contribution in [3.63, 3.8) is 0 Å². The Balaban J connectivity index is 2.16. The van der Waals surface area contributed by atoms with Crippen molar-refractivity contribution < 1.29 is 86.1 Å². The van der Waals surface area contributed by atoms with Crippen LogP contribution in [-0.2, 0) is 66.3 Å². The van der Waals surface area contributed by atoms with E-state index in [1.807, 2.05) is 0 Å². The molecule has 0 unspecified atom stereocenters. The van der Waals surface area contributed by atoms with Crippen molar-refractivity contribution in [2.45, 2.75) is 6.92 Å². The third kappa shape index (κ3) is 31.7. The Kier molecular flexibility index (Phi) is 37.3. The van der Waals surface area contributed by atoms with E-state index in [0.29, 0.717) is 162 Å². The number of amides is 2. The van der Waals surface area contributed by atoms with Crippen LogP contribution in [0.25, 0.3) is 0 Å². The van der Waals surface area contributed by atoms with E-state index >= 15 is 0 Å². The van der Waals surface area contributed by atoms with Crippen LogP contribution in [0, 0.1) is 6.92 Å². The SMILES string of the molecule is COCCOCCOCCOCCOCCOCCOCCN(C(=O)O)c1ccc(C)c(N(CCOCCOCCOCCOCCOCCOCCOC)C(=O)O)c1. The van der Waals surface area contributed by atoms with E-state index in [0.717, 1.165) is 9.80 Å². The molecule has 20 heteroatoms. The molecule has 0 saturated carbocycles. The minimum atomic E-state index is -1.20. The number of ether oxygens (including phenoxy) is 14. The lowest BCUT2D eigenvalue weighted by atomic mass is 10.1. The number of rotatable bonds is 44. The van der Waals surface area contributed by atoms with Crippen LogP contribution in [0.2, 0.25) is 0 Å². The van der Waals surface area contributed by atoms with Crippen molar-refractivity contribution in [3.8, 4) is 0 Å². The van der Waals surface area contributed by atoms with Crippen LogP contribution in [0.4, 0.5) is 21.0 Å². The molecular formula is C39H70N2O18. The number of carbonyl (C=O) groups is 2. The van der Waals surface area contributed by atoms with Crippen LogP contribution in [0.5, 0.6) is 0 Å². The maximum atomic E-state index is 12.2.